The summed E-state index contributed by atoms with van der Waals surface area (Å²) >= 11 is 6.34. The average molecular weight is 292 g/mol. The largest absolute Gasteiger partial charge is 0.305 e. The van der Waals surface area contributed by atoms with Gasteiger partial charge in [0.25, 0.3) is 0 Å². The maximum Gasteiger partial charge on any atom is 0.0837 e. The third-order valence-electron chi connectivity index (χ3n) is 3.54. The van der Waals surface area contributed by atoms with Crippen LogP contribution in [-0.2, 0) is 13.0 Å². The van der Waals surface area contributed by atoms with Crippen LogP contribution >= 0.6 is 11.6 Å². The van der Waals surface area contributed by atoms with E-state index in [0.717, 1.165) is 30.2 Å². The molecular weight excluding hydrogens is 270 g/mol. The lowest BCUT2D eigenvalue weighted by Gasteiger charge is -2.20. The molecule has 2 aromatic rings. The van der Waals surface area contributed by atoms with Crippen molar-refractivity contribution >= 4 is 11.6 Å². The molecule has 3 nitrogen and oxygen atoms in total. The molecule has 1 atom stereocenters. The van der Waals surface area contributed by atoms with Gasteiger partial charge in [0.1, 0.15) is 0 Å². The number of hydrogen-bond acceptors (Lipinski definition) is 2. The summed E-state index contributed by atoms with van der Waals surface area (Å²) in [5.74, 6) is 0. The third kappa shape index (κ3) is 3.05. The highest BCUT2D eigenvalue weighted by Crippen LogP contribution is 2.28. The van der Waals surface area contributed by atoms with E-state index in [-0.39, 0.29) is 6.04 Å². The number of rotatable bonds is 6. The van der Waals surface area contributed by atoms with Crippen molar-refractivity contribution in [3.05, 3.63) is 52.3 Å². The van der Waals surface area contributed by atoms with Gasteiger partial charge in [-0.2, -0.15) is 5.10 Å². The first-order valence-electron chi connectivity index (χ1n) is 7.24. The Balaban J connectivity index is 2.41. The summed E-state index contributed by atoms with van der Waals surface area (Å²) in [5.41, 5.74) is 3.61. The summed E-state index contributed by atoms with van der Waals surface area (Å²) < 4.78 is 1.96. The molecule has 0 aliphatic heterocycles. The molecule has 0 amide bonds. The van der Waals surface area contributed by atoms with Crippen molar-refractivity contribution in [3.63, 3.8) is 0 Å². The van der Waals surface area contributed by atoms with Gasteiger partial charge in [-0.05, 0) is 31.0 Å². The van der Waals surface area contributed by atoms with E-state index >= 15 is 0 Å². The van der Waals surface area contributed by atoms with Crippen molar-refractivity contribution in [2.45, 2.75) is 39.8 Å². The fourth-order valence-corrected chi connectivity index (χ4v) is 2.68. The minimum Gasteiger partial charge on any atom is -0.305 e. The van der Waals surface area contributed by atoms with Crippen molar-refractivity contribution < 1.29 is 0 Å². The second-order valence-electron chi connectivity index (χ2n) is 4.78. The Morgan fingerprint density at radius 3 is 2.45 bits per heavy atom. The number of nitrogens with one attached hydrogen (secondary N) is 1. The number of aromatic nitrogens is 2. The van der Waals surface area contributed by atoms with Gasteiger partial charge in [0, 0.05) is 6.54 Å². The van der Waals surface area contributed by atoms with Gasteiger partial charge in [-0.15, -0.1) is 0 Å². The molecule has 0 aliphatic rings. The minimum atomic E-state index is 0.0841. The number of benzene rings is 1. The second-order valence-corrected chi connectivity index (χ2v) is 5.19. The van der Waals surface area contributed by atoms with Crippen LogP contribution in [-0.4, -0.2) is 16.3 Å². The fourth-order valence-electron chi connectivity index (χ4n) is 2.43. The van der Waals surface area contributed by atoms with E-state index in [1.165, 1.54) is 11.1 Å². The molecule has 1 heterocycles. The summed E-state index contributed by atoms with van der Waals surface area (Å²) in [7, 11) is 0. The van der Waals surface area contributed by atoms with Crippen LogP contribution in [0.2, 0.25) is 5.02 Å². The zero-order valence-corrected chi connectivity index (χ0v) is 13.1. The van der Waals surface area contributed by atoms with Gasteiger partial charge < -0.3 is 5.32 Å². The predicted molar refractivity (Wildman–Crippen MR) is 84.3 cm³/mol. The van der Waals surface area contributed by atoms with Gasteiger partial charge in [-0.25, -0.2) is 0 Å². The summed E-state index contributed by atoms with van der Waals surface area (Å²) in [6, 6.07) is 8.80. The highest BCUT2D eigenvalue weighted by molar-refractivity contribution is 6.31. The molecule has 0 saturated carbocycles. The average Bonchev–Trinajstić information content (AvgIpc) is 2.86. The standard InChI is InChI=1S/C16H22ClN3/c1-4-12-7-9-13(10-8-12)15(18-5-2)16-14(17)11-19-20(16)6-3/h7-11,15,18H,4-6H2,1-3H3. The lowest BCUT2D eigenvalue weighted by molar-refractivity contribution is 0.542. The molecule has 0 fully saturated rings. The Bertz CT molecular complexity index is 545. The third-order valence-corrected chi connectivity index (χ3v) is 3.83. The van der Waals surface area contributed by atoms with Gasteiger partial charge in [-0.1, -0.05) is 49.7 Å². The predicted octanol–water partition coefficient (Wildman–Crippen LogP) is 3.82. The van der Waals surface area contributed by atoms with Crippen LogP contribution < -0.4 is 5.32 Å². The van der Waals surface area contributed by atoms with Crippen molar-refractivity contribution in [3.8, 4) is 0 Å². The molecule has 0 bridgehead atoms. The molecule has 0 spiro atoms. The Labute approximate surface area is 126 Å². The topological polar surface area (TPSA) is 29.9 Å². The summed E-state index contributed by atoms with van der Waals surface area (Å²) in [6.45, 7) is 8.05. The molecular formula is C16H22ClN3. The Hall–Kier alpha value is -1.32. The maximum absolute atomic E-state index is 6.34. The van der Waals surface area contributed by atoms with Gasteiger partial charge in [0.15, 0.2) is 0 Å². The second kappa shape index (κ2) is 6.91. The van der Waals surface area contributed by atoms with E-state index in [1.807, 2.05) is 4.68 Å². The lowest BCUT2D eigenvalue weighted by atomic mass is 10.0. The molecule has 0 aliphatic carbocycles. The monoisotopic (exact) mass is 291 g/mol. The van der Waals surface area contributed by atoms with E-state index in [9.17, 15) is 0 Å². The van der Waals surface area contributed by atoms with E-state index in [1.54, 1.807) is 6.20 Å². The maximum atomic E-state index is 6.34. The summed E-state index contributed by atoms with van der Waals surface area (Å²) in [5, 5.41) is 8.57. The normalized spacial score (nSPS) is 12.6. The molecule has 0 radical (unpaired) electrons. The SMILES string of the molecule is CCNC(c1ccc(CC)cc1)c1c(Cl)cnn1CC. The molecule has 4 heteroatoms. The fraction of sp³-hybridized carbons (Fsp3) is 0.438. The summed E-state index contributed by atoms with van der Waals surface area (Å²) in [6.07, 6.45) is 2.78. The van der Waals surface area contributed by atoms with Crippen LogP contribution in [0.5, 0.6) is 0 Å². The molecule has 1 N–H and O–H groups in total. The van der Waals surface area contributed by atoms with Gasteiger partial charge in [-0.3, -0.25) is 4.68 Å². The van der Waals surface area contributed by atoms with Gasteiger partial charge in [0.2, 0.25) is 0 Å². The van der Waals surface area contributed by atoms with E-state index in [4.69, 9.17) is 11.6 Å². The quantitative estimate of drug-likeness (QED) is 0.877. The van der Waals surface area contributed by atoms with Crippen molar-refractivity contribution in [1.29, 1.82) is 0 Å². The van der Waals surface area contributed by atoms with Crippen LogP contribution in [0.15, 0.2) is 30.5 Å². The van der Waals surface area contributed by atoms with E-state index < -0.39 is 0 Å². The minimum absolute atomic E-state index is 0.0841. The molecule has 2 rings (SSSR count). The van der Waals surface area contributed by atoms with Crippen LogP contribution in [0.1, 0.15) is 43.6 Å². The Morgan fingerprint density at radius 1 is 1.20 bits per heavy atom. The van der Waals surface area contributed by atoms with Crippen LogP contribution in [0.4, 0.5) is 0 Å². The first-order valence-corrected chi connectivity index (χ1v) is 7.62. The smallest absolute Gasteiger partial charge is 0.0837 e. The van der Waals surface area contributed by atoms with E-state index in [0.29, 0.717) is 0 Å². The first-order chi connectivity index (χ1) is 9.71. The molecule has 1 unspecified atom stereocenters. The van der Waals surface area contributed by atoms with Crippen LogP contribution in [0, 0.1) is 0 Å². The van der Waals surface area contributed by atoms with Gasteiger partial charge in [0.05, 0.1) is 23.0 Å². The molecule has 1 aromatic heterocycles. The van der Waals surface area contributed by atoms with Crippen molar-refractivity contribution in [2.24, 2.45) is 0 Å². The lowest BCUT2D eigenvalue weighted by Crippen LogP contribution is -2.25. The highest BCUT2D eigenvalue weighted by Gasteiger charge is 2.20. The number of nitrogens with zero attached hydrogens (tertiary/aromatic N) is 2. The molecule has 108 valence electrons. The highest BCUT2D eigenvalue weighted by atomic mass is 35.5. The molecule has 20 heavy (non-hydrogen) atoms. The summed E-state index contributed by atoms with van der Waals surface area (Å²) in [4.78, 5) is 0. The zero-order chi connectivity index (χ0) is 14.5. The molecule has 1 aromatic carbocycles. The Morgan fingerprint density at radius 2 is 1.90 bits per heavy atom. The van der Waals surface area contributed by atoms with Crippen LogP contribution in [0.3, 0.4) is 0 Å². The van der Waals surface area contributed by atoms with Gasteiger partial charge >= 0.3 is 0 Å². The number of aryl methyl sites for hydroxylation is 2. The van der Waals surface area contributed by atoms with E-state index in [2.05, 4.69) is 55.5 Å². The Kier molecular flexibility index (Phi) is 5.21. The number of hydrogen-bond donors (Lipinski definition) is 1. The number of halogens is 1. The van der Waals surface area contributed by atoms with Crippen molar-refractivity contribution in [2.75, 3.05) is 6.54 Å². The van der Waals surface area contributed by atoms with Crippen molar-refractivity contribution in [1.82, 2.24) is 15.1 Å². The van der Waals surface area contributed by atoms with Crippen LogP contribution in [0.25, 0.3) is 0 Å². The zero-order valence-electron chi connectivity index (χ0n) is 12.4. The molecule has 0 saturated heterocycles. The first kappa shape index (κ1) is 15.1.